The third-order valence-corrected chi connectivity index (χ3v) is 3.20. The molecule has 1 aromatic carbocycles. The van der Waals surface area contributed by atoms with Crippen molar-refractivity contribution in [2.75, 3.05) is 5.32 Å². The Morgan fingerprint density at radius 3 is 2.71 bits per heavy atom. The largest absolute Gasteiger partial charge is 0.478 e. The molecule has 0 fully saturated rings. The van der Waals surface area contributed by atoms with E-state index in [1.807, 2.05) is 6.07 Å². The number of urea groups is 1. The molecule has 0 radical (unpaired) electrons. The highest BCUT2D eigenvalue weighted by Gasteiger charge is 2.14. The molecule has 0 unspecified atom stereocenters. The van der Waals surface area contributed by atoms with E-state index >= 15 is 0 Å². The van der Waals surface area contributed by atoms with Gasteiger partial charge in [-0.1, -0.05) is 22.0 Å². The van der Waals surface area contributed by atoms with E-state index in [0.29, 0.717) is 17.2 Å². The van der Waals surface area contributed by atoms with Crippen molar-refractivity contribution in [2.45, 2.75) is 13.5 Å². The molecule has 2 aromatic rings. The third-order valence-electron chi connectivity index (χ3n) is 2.70. The summed E-state index contributed by atoms with van der Waals surface area (Å²) < 4.78 is 6.12. The second-order valence-corrected chi connectivity index (χ2v) is 5.22. The fraction of sp³-hybridized carbons (Fsp3) is 0.143. The summed E-state index contributed by atoms with van der Waals surface area (Å²) in [5, 5.41) is 14.2. The normalized spacial score (nSPS) is 10.2. The fourth-order valence-electron chi connectivity index (χ4n) is 1.75. The maximum absolute atomic E-state index is 11.7. The van der Waals surface area contributed by atoms with Gasteiger partial charge in [0.1, 0.15) is 17.1 Å². The van der Waals surface area contributed by atoms with Crippen LogP contribution in [0.1, 0.15) is 21.9 Å². The van der Waals surface area contributed by atoms with Crippen molar-refractivity contribution in [3.8, 4) is 0 Å². The van der Waals surface area contributed by atoms with E-state index in [2.05, 4.69) is 26.6 Å². The van der Waals surface area contributed by atoms with Crippen LogP contribution in [0.25, 0.3) is 0 Å². The molecule has 2 rings (SSSR count). The number of carbonyl (C=O) groups excluding carboxylic acids is 1. The van der Waals surface area contributed by atoms with Gasteiger partial charge in [-0.25, -0.2) is 9.59 Å². The lowest BCUT2D eigenvalue weighted by molar-refractivity contribution is 0.0695. The number of amides is 2. The highest BCUT2D eigenvalue weighted by molar-refractivity contribution is 9.10. The van der Waals surface area contributed by atoms with Gasteiger partial charge in [0.2, 0.25) is 0 Å². The Morgan fingerprint density at radius 1 is 1.33 bits per heavy atom. The van der Waals surface area contributed by atoms with Crippen LogP contribution in [0.4, 0.5) is 10.5 Å². The second-order valence-electron chi connectivity index (χ2n) is 4.31. The smallest absolute Gasteiger partial charge is 0.339 e. The van der Waals surface area contributed by atoms with Gasteiger partial charge in [-0.05, 0) is 31.2 Å². The lowest BCUT2D eigenvalue weighted by atomic mass is 10.2. The molecular weight excluding hydrogens is 340 g/mol. The first-order valence-corrected chi connectivity index (χ1v) is 6.88. The summed E-state index contributed by atoms with van der Waals surface area (Å²) in [5.74, 6) is -0.359. The van der Waals surface area contributed by atoms with E-state index in [1.54, 1.807) is 25.1 Å². The first-order chi connectivity index (χ1) is 9.95. The van der Waals surface area contributed by atoms with Crippen LogP contribution in [0.15, 0.2) is 39.2 Å². The minimum atomic E-state index is -1.05. The van der Waals surface area contributed by atoms with E-state index in [-0.39, 0.29) is 12.1 Å². The number of aromatic carboxylic acids is 1. The number of anilines is 1. The number of rotatable bonds is 4. The Morgan fingerprint density at radius 2 is 2.10 bits per heavy atom. The van der Waals surface area contributed by atoms with Crippen molar-refractivity contribution < 1.29 is 19.1 Å². The molecule has 110 valence electrons. The van der Waals surface area contributed by atoms with Crippen LogP contribution < -0.4 is 10.6 Å². The Labute approximate surface area is 129 Å². The zero-order valence-corrected chi connectivity index (χ0v) is 12.7. The number of halogens is 1. The van der Waals surface area contributed by atoms with Crippen LogP contribution in [0.2, 0.25) is 0 Å². The van der Waals surface area contributed by atoms with Gasteiger partial charge >= 0.3 is 12.0 Å². The minimum Gasteiger partial charge on any atom is -0.478 e. The molecule has 1 heterocycles. The maximum atomic E-state index is 11.7. The van der Waals surface area contributed by atoms with Crippen LogP contribution in [0.5, 0.6) is 0 Å². The molecule has 6 nitrogen and oxygen atoms in total. The summed E-state index contributed by atoms with van der Waals surface area (Å²) >= 11 is 3.31. The van der Waals surface area contributed by atoms with E-state index in [1.165, 1.54) is 6.07 Å². The molecule has 0 aliphatic heterocycles. The molecule has 0 aliphatic rings. The number of carboxylic acids is 1. The van der Waals surface area contributed by atoms with Crippen LogP contribution in [-0.2, 0) is 6.54 Å². The van der Waals surface area contributed by atoms with Gasteiger partial charge in [0.15, 0.2) is 0 Å². The van der Waals surface area contributed by atoms with Crippen LogP contribution >= 0.6 is 15.9 Å². The quantitative estimate of drug-likeness (QED) is 0.786. The molecule has 3 N–H and O–H groups in total. The molecular formula is C14H13BrN2O4. The van der Waals surface area contributed by atoms with Gasteiger partial charge in [-0.15, -0.1) is 0 Å². The van der Waals surface area contributed by atoms with Gasteiger partial charge in [0, 0.05) is 10.2 Å². The predicted molar refractivity (Wildman–Crippen MR) is 80.4 cm³/mol. The number of nitrogens with one attached hydrogen (secondary N) is 2. The Kier molecular flexibility index (Phi) is 4.64. The molecule has 7 heteroatoms. The van der Waals surface area contributed by atoms with Crippen molar-refractivity contribution >= 4 is 33.6 Å². The summed E-state index contributed by atoms with van der Waals surface area (Å²) in [4.78, 5) is 22.6. The van der Waals surface area contributed by atoms with E-state index < -0.39 is 12.0 Å². The Balaban J connectivity index is 1.92. The number of benzene rings is 1. The fourth-order valence-corrected chi connectivity index (χ4v) is 2.15. The zero-order chi connectivity index (χ0) is 15.4. The molecule has 0 saturated carbocycles. The number of furan rings is 1. The molecule has 1 aromatic heterocycles. The summed E-state index contributed by atoms with van der Waals surface area (Å²) in [5.41, 5.74) is 0.739. The molecule has 0 aliphatic carbocycles. The molecule has 0 saturated heterocycles. The first-order valence-electron chi connectivity index (χ1n) is 6.08. The summed E-state index contributed by atoms with van der Waals surface area (Å²) in [7, 11) is 0. The number of hydrogen-bond acceptors (Lipinski definition) is 3. The first kappa shape index (κ1) is 15.1. The van der Waals surface area contributed by atoms with Crippen molar-refractivity contribution in [1.29, 1.82) is 0 Å². The molecule has 21 heavy (non-hydrogen) atoms. The number of carbonyl (C=O) groups is 2. The molecule has 2 amide bonds. The van der Waals surface area contributed by atoms with Gasteiger partial charge in [-0.3, -0.25) is 0 Å². The summed E-state index contributed by atoms with van der Waals surface area (Å²) in [6, 6.07) is 8.16. The third kappa shape index (κ3) is 4.09. The lowest BCUT2D eigenvalue weighted by Gasteiger charge is -2.06. The average molecular weight is 353 g/mol. The van der Waals surface area contributed by atoms with Crippen LogP contribution in [0, 0.1) is 6.92 Å². The zero-order valence-electron chi connectivity index (χ0n) is 11.1. The van der Waals surface area contributed by atoms with Gasteiger partial charge in [0.05, 0.1) is 6.54 Å². The maximum Gasteiger partial charge on any atom is 0.339 e. The number of carboxylic acid groups (broad SMARTS) is 1. The minimum absolute atomic E-state index is 0.0965. The molecule has 0 bridgehead atoms. The SMILES string of the molecule is Cc1oc(CNC(=O)Nc2cccc(Br)c2)cc1C(=O)O. The molecule has 0 spiro atoms. The van der Waals surface area contributed by atoms with Gasteiger partial charge in [0.25, 0.3) is 0 Å². The Hall–Kier alpha value is -2.28. The molecule has 0 atom stereocenters. The van der Waals surface area contributed by atoms with E-state index in [0.717, 1.165) is 4.47 Å². The van der Waals surface area contributed by atoms with Crippen LogP contribution in [0.3, 0.4) is 0 Å². The Bertz CT molecular complexity index is 681. The summed E-state index contributed by atoms with van der Waals surface area (Å²) in [6.07, 6.45) is 0. The lowest BCUT2D eigenvalue weighted by Crippen LogP contribution is -2.27. The topological polar surface area (TPSA) is 91.6 Å². The van der Waals surface area contributed by atoms with Gasteiger partial charge < -0.3 is 20.2 Å². The van der Waals surface area contributed by atoms with Gasteiger partial charge in [-0.2, -0.15) is 0 Å². The standard InChI is InChI=1S/C14H13BrN2O4/c1-8-12(13(18)19)6-11(21-8)7-16-14(20)17-10-4-2-3-9(15)5-10/h2-6H,7H2,1H3,(H,18,19)(H2,16,17,20). The van der Waals surface area contributed by atoms with Crippen molar-refractivity contribution in [2.24, 2.45) is 0 Å². The highest BCUT2D eigenvalue weighted by Crippen LogP contribution is 2.16. The average Bonchev–Trinajstić information content (AvgIpc) is 2.78. The second kappa shape index (κ2) is 6.45. The number of hydrogen-bond donors (Lipinski definition) is 3. The van der Waals surface area contributed by atoms with Crippen molar-refractivity contribution in [3.63, 3.8) is 0 Å². The predicted octanol–water partition coefficient (Wildman–Crippen LogP) is 3.37. The monoisotopic (exact) mass is 352 g/mol. The number of aryl methyl sites for hydroxylation is 1. The van der Waals surface area contributed by atoms with Crippen LogP contribution in [-0.4, -0.2) is 17.1 Å². The van der Waals surface area contributed by atoms with E-state index in [4.69, 9.17) is 9.52 Å². The van der Waals surface area contributed by atoms with Crippen molar-refractivity contribution in [3.05, 3.63) is 51.9 Å². The summed E-state index contributed by atoms with van der Waals surface area (Å²) in [6.45, 7) is 1.67. The van der Waals surface area contributed by atoms with E-state index in [9.17, 15) is 9.59 Å². The van der Waals surface area contributed by atoms with Crippen molar-refractivity contribution in [1.82, 2.24) is 5.32 Å². The highest BCUT2D eigenvalue weighted by atomic mass is 79.9.